The lowest BCUT2D eigenvalue weighted by molar-refractivity contribution is -0.133. The molecule has 3 N–H and O–H groups in total. The topological polar surface area (TPSA) is 75.4 Å². The second-order valence-electron chi connectivity index (χ2n) is 5.42. The number of hydrogen-bond acceptors (Lipinski definition) is 3. The molecule has 1 aromatic rings. The van der Waals surface area contributed by atoms with E-state index in [1.54, 1.807) is 4.90 Å². The van der Waals surface area contributed by atoms with E-state index in [0.717, 1.165) is 24.1 Å². The molecule has 0 radical (unpaired) electrons. The van der Waals surface area contributed by atoms with Gasteiger partial charge in [-0.1, -0.05) is 17.7 Å². The van der Waals surface area contributed by atoms with Crippen molar-refractivity contribution in [2.75, 3.05) is 25.0 Å². The normalized spacial score (nSPS) is 18.4. The second-order valence-corrected chi connectivity index (χ2v) is 5.83. The van der Waals surface area contributed by atoms with Gasteiger partial charge < -0.3 is 16.0 Å². The molecule has 6 heteroatoms. The fourth-order valence-corrected chi connectivity index (χ4v) is 2.78. The lowest BCUT2D eigenvalue weighted by Gasteiger charge is -2.31. The average Bonchev–Trinajstić information content (AvgIpc) is 2.46. The summed E-state index contributed by atoms with van der Waals surface area (Å²) < 4.78 is 0. The molecule has 0 spiro atoms. The lowest BCUT2D eigenvalue weighted by Crippen LogP contribution is -2.45. The predicted octanol–water partition coefficient (Wildman–Crippen LogP) is 1.78. The van der Waals surface area contributed by atoms with Crippen molar-refractivity contribution >= 4 is 29.1 Å². The molecule has 21 heavy (non-hydrogen) atoms. The fraction of sp³-hybridized carbons (Fsp3) is 0.467. The van der Waals surface area contributed by atoms with Gasteiger partial charge in [-0.3, -0.25) is 9.59 Å². The molecule has 1 aliphatic rings. The van der Waals surface area contributed by atoms with Crippen LogP contribution < -0.4 is 11.1 Å². The number of nitrogens with two attached hydrogens (primary N) is 1. The summed E-state index contributed by atoms with van der Waals surface area (Å²) in [6.45, 7) is 3.20. The molecular weight excluding hydrogens is 290 g/mol. The minimum atomic E-state index is -0.331. The number of carbonyl (C=O) groups excluding carboxylic acids is 2. The Morgan fingerprint density at radius 3 is 2.90 bits per heavy atom. The van der Waals surface area contributed by atoms with Crippen molar-refractivity contribution in [3.8, 4) is 0 Å². The Hall–Kier alpha value is -1.75. The highest BCUT2D eigenvalue weighted by atomic mass is 35.5. The van der Waals surface area contributed by atoms with Crippen LogP contribution in [-0.4, -0.2) is 36.3 Å². The molecule has 0 aromatic heterocycles. The standard InChI is InChI=1S/C15H20ClN3O2/c1-10-4-5-13(12(16)7-10)18-8-14(20)19-6-2-3-11(9-19)15(17)21/h4-5,7,11,18H,2-3,6,8-9H2,1H3,(H2,17,21). The van der Waals surface area contributed by atoms with Crippen LogP contribution in [0.4, 0.5) is 5.69 Å². The van der Waals surface area contributed by atoms with E-state index in [4.69, 9.17) is 17.3 Å². The number of hydrogen-bond donors (Lipinski definition) is 2. The number of piperidine rings is 1. The number of benzene rings is 1. The molecule has 0 aliphatic carbocycles. The van der Waals surface area contributed by atoms with Crippen LogP contribution in [0, 0.1) is 12.8 Å². The summed E-state index contributed by atoms with van der Waals surface area (Å²) in [6, 6.07) is 5.63. The van der Waals surface area contributed by atoms with E-state index < -0.39 is 0 Å². The summed E-state index contributed by atoms with van der Waals surface area (Å²) in [4.78, 5) is 25.1. The van der Waals surface area contributed by atoms with Gasteiger partial charge in [-0.2, -0.15) is 0 Å². The van der Waals surface area contributed by atoms with E-state index in [2.05, 4.69) is 5.32 Å². The molecule has 1 aliphatic heterocycles. The van der Waals surface area contributed by atoms with Crippen molar-refractivity contribution in [3.05, 3.63) is 28.8 Å². The zero-order valence-electron chi connectivity index (χ0n) is 12.1. The first kappa shape index (κ1) is 15.6. The third-order valence-corrected chi connectivity index (χ3v) is 4.04. The number of amides is 2. The van der Waals surface area contributed by atoms with Gasteiger partial charge >= 0.3 is 0 Å². The number of primary amides is 1. The van der Waals surface area contributed by atoms with E-state index in [1.165, 1.54) is 0 Å². The summed E-state index contributed by atoms with van der Waals surface area (Å²) in [5.41, 5.74) is 7.12. The van der Waals surface area contributed by atoms with E-state index in [9.17, 15) is 9.59 Å². The molecule has 0 bridgehead atoms. The quantitative estimate of drug-likeness (QED) is 0.890. The zero-order chi connectivity index (χ0) is 15.4. The van der Waals surface area contributed by atoms with Crippen molar-refractivity contribution in [1.82, 2.24) is 4.90 Å². The van der Waals surface area contributed by atoms with E-state index in [0.29, 0.717) is 18.1 Å². The van der Waals surface area contributed by atoms with Crippen LogP contribution in [0.25, 0.3) is 0 Å². The maximum Gasteiger partial charge on any atom is 0.241 e. The van der Waals surface area contributed by atoms with Crippen molar-refractivity contribution in [2.24, 2.45) is 11.7 Å². The first-order valence-electron chi connectivity index (χ1n) is 7.04. The van der Waals surface area contributed by atoms with Crippen LogP contribution in [0.5, 0.6) is 0 Å². The van der Waals surface area contributed by atoms with Crippen LogP contribution in [0.3, 0.4) is 0 Å². The molecule has 1 aromatic carbocycles. The van der Waals surface area contributed by atoms with Gasteiger partial charge in [-0.25, -0.2) is 0 Å². The van der Waals surface area contributed by atoms with Crippen LogP contribution in [0.2, 0.25) is 5.02 Å². The van der Waals surface area contributed by atoms with Crippen LogP contribution >= 0.6 is 11.6 Å². The minimum absolute atomic E-state index is 0.0439. The van der Waals surface area contributed by atoms with Gasteiger partial charge in [0.15, 0.2) is 0 Å². The number of halogens is 1. The number of anilines is 1. The molecule has 0 saturated carbocycles. The smallest absolute Gasteiger partial charge is 0.241 e. The molecule has 114 valence electrons. The van der Waals surface area contributed by atoms with Gasteiger partial charge in [0, 0.05) is 13.1 Å². The molecular formula is C15H20ClN3O2. The maximum atomic E-state index is 12.2. The first-order valence-corrected chi connectivity index (χ1v) is 7.42. The Morgan fingerprint density at radius 2 is 2.24 bits per heavy atom. The molecule has 2 rings (SSSR count). The summed E-state index contributed by atoms with van der Waals surface area (Å²) in [5, 5.41) is 3.64. The van der Waals surface area contributed by atoms with E-state index in [-0.39, 0.29) is 24.3 Å². The van der Waals surface area contributed by atoms with Gasteiger partial charge in [0.25, 0.3) is 0 Å². The van der Waals surface area contributed by atoms with E-state index in [1.807, 2.05) is 25.1 Å². The third kappa shape index (κ3) is 4.11. The summed E-state index contributed by atoms with van der Waals surface area (Å²) in [7, 11) is 0. The zero-order valence-corrected chi connectivity index (χ0v) is 12.8. The van der Waals surface area contributed by atoms with Gasteiger partial charge in [0.05, 0.1) is 23.2 Å². The number of nitrogens with zero attached hydrogens (tertiary/aromatic N) is 1. The highest BCUT2D eigenvalue weighted by molar-refractivity contribution is 6.33. The van der Waals surface area contributed by atoms with Gasteiger partial charge in [0.2, 0.25) is 11.8 Å². The number of rotatable bonds is 4. The van der Waals surface area contributed by atoms with Crippen molar-refractivity contribution in [1.29, 1.82) is 0 Å². The molecule has 1 atom stereocenters. The van der Waals surface area contributed by atoms with Gasteiger partial charge in [-0.05, 0) is 37.5 Å². The lowest BCUT2D eigenvalue weighted by atomic mass is 9.97. The Kier molecular flexibility index (Phi) is 5.07. The fourth-order valence-electron chi connectivity index (χ4n) is 2.48. The molecule has 2 amide bonds. The molecule has 1 unspecified atom stereocenters. The molecule has 1 heterocycles. The second kappa shape index (κ2) is 6.80. The average molecular weight is 310 g/mol. The molecule has 5 nitrogen and oxygen atoms in total. The number of aryl methyl sites for hydroxylation is 1. The van der Waals surface area contributed by atoms with Crippen LogP contribution in [0.15, 0.2) is 18.2 Å². The molecule has 1 saturated heterocycles. The maximum absolute atomic E-state index is 12.2. The van der Waals surface area contributed by atoms with Crippen LogP contribution in [-0.2, 0) is 9.59 Å². The SMILES string of the molecule is Cc1ccc(NCC(=O)N2CCCC(C(N)=O)C2)c(Cl)c1. The highest BCUT2D eigenvalue weighted by Crippen LogP contribution is 2.22. The summed E-state index contributed by atoms with van der Waals surface area (Å²) >= 11 is 6.11. The van der Waals surface area contributed by atoms with Gasteiger partial charge in [-0.15, -0.1) is 0 Å². The van der Waals surface area contributed by atoms with Crippen molar-refractivity contribution in [2.45, 2.75) is 19.8 Å². The Balaban J connectivity index is 1.90. The minimum Gasteiger partial charge on any atom is -0.375 e. The Morgan fingerprint density at radius 1 is 1.48 bits per heavy atom. The monoisotopic (exact) mass is 309 g/mol. The first-order chi connectivity index (χ1) is 9.97. The third-order valence-electron chi connectivity index (χ3n) is 3.73. The van der Waals surface area contributed by atoms with Crippen LogP contribution in [0.1, 0.15) is 18.4 Å². The van der Waals surface area contributed by atoms with Crippen molar-refractivity contribution in [3.63, 3.8) is 0 Å². The van der Waals surface area contributed by atoms with Gasteiger partial charge in [0.1, 0.15) is 0 Å². The Labute approximate surface area is 129 Å². The van der Waals surface area contributed by atoms with E-state index >= 15 is 0 Å². The summed E-state index contributed by atoms with van der Waals surface area (Å²) in [6.07, 6.45) is 1.57. The summed E-state index contributed by atoms with van der Waals surface area (Å²) in [5.74, 6) is -0.606. The van der Waals surface area contributed by atoms with Crippen molar-refractivity contribution < 1.29 is 9.59 Å². The predicted molar refractivity (Wildman–Crippen MR) is 83.2 cm³/mol. The highest BCUT2D eigenvalue weighted by Gasteiger charge is 2.26. The number of carbonyl (C=O) groups is 2. The molecule has 1 fully saturated rings. The number of nitrogens with one attached hydrogen (secondary N) is 1. The largest absolute Gasteiger partial charge is 0.375 e. The Bertz CT molecular complexity index is 548. The number of likely N-dealkylation sites (tertiary alicyclic amines) is 1.